The SMILES string of the molecule is CC(=O)Nc1ccc(NC(=O)C(=O)NCCc2csc3nc(-c4ccccc4C)nn23)cc1. The largest absolute Gasteiger partial charge is 0.347 e. The molecular formula is C23H22N6O3S. The standard InChI is InChI=1S/C23H22N6O3S/c1-14-5-3-4-6-19(14)20-27-23-29(28-20)18(13-33-23)11-12-24-21(31)22(32)26-17-9-7-16(8-10-17)25-15(2)30/h3-10,13H,11-12H2,1-2H3,(H,24,31)(H,25,30)(H,26,32). The van der Waals surface area contributed by atoms with Gasteiger partial charge < -0.3 is 16.0 Å². The van der Waals surface area contributed by atoms with E-state index < -0.39 is 11.8 Å². The molecule has 2 heterocycles. The van der Waals surface area contributed by atoms with Gasteiger partial charge in [-0.05, 0) is 36.8 Å². The first-order valence-electron chi connectivity index (χ1n) is 10.3. The van der Waals surface area contributed by atoms with Gasteiger partial charge in [0.15, 0.2) is 5.82 Å². The van der Waals surface area contributed by atoms with Crippen LogP contribution in [-0.2, 0) is 20.8 Å². The zero-order valence-corrected chi connectivity index (χ0v) is 18.9. The number of anilines is 2. The lowest BCUT2D eigenvalue weighted by molar-refractivity contribution is -0.136. The molecule has 0 aliphatic heterocycles. The van der Waals surface area contributed by atoms with Crippen molar-refractivity contribution in [2.24, 2.45) is 0 Å². The molecule has 0 saturated heterocycles. The highest BCUT2D eigenvalue weighted by Gasteiger charge is 2.15. The van der Waals surface area contributed by atoms with Crippen molar-refractivity contribution in [3.63, 3.8) is 0 Å². The molecule has 0 spiro atoms. The number of hydrogen-bond donors (Lipinski definition) is 3. The maximum atomic E-state index is 12.2. The van der Waals surface area contributed by atoms with Crippen LogP contribution in [0, 0.1) is 6.92 Å². The third-order valence-electron chi connectivity index (χ3n) is 4.87. The molecule has 0 aliphatic rings. The van der Waals surface area contributed by atoms with E-state index in [1.165, 1.54) is 18.3 Å². The molecule has 2 aromatic carbocycles. The van der Waals surface area contributed by atoms with Gasteiger partial charge in [0.2, 0.25) is 10.9 Å². The summed E-state index contributed by atoms with van der Waals surface area (Å²) in [4.78, 5) is 40.8. The van der Waals surface area contributed by atoms with Crippen LogP contribution < -0.4 is 16.0 Å². The quantitative estimate of drug-likeness (QED) is 0.381. The van der Waals surface area contributed by atoms with Gasteiger partial charge >= 0.3 is 11.8 Å². The van der Waals surface area contributed by atoms with Gasteiger partial charge in [0.1, 0.15) is 0 Å². The van der Waals surface area contributed by atoms with Crippen LogP contribution in [-0.4, -0.2) is 38.9 Å². The molecule has 3 N–H and O–H groups in total. The molecule has 4 aromatic rings. The number of benzene rings is 2. The van der Waals surface area contributed by atoms with E-state index in [2.05, 4.69) is 26.0 Å². The molecule has 0 aliphatic carbocycles. The van der Waals surface area contributed by atoms with Crippen LogP contribution in [0.25, 0.3) is 16.3 Å². The lowest BCUT2D eigenvalue weighted by Gasteiger charge is -2.07. The third-order valence-corrected chi connectivity index (χ3v) is 5.74. The summed E-state index contributed by atoms with van der Waals surface area (Å²) in [6.07, 6.45) is 0.501. The minimum absolute atomic E-state index is 0.189. The molecule has 3 amide bonds. The molecule has 33 heavy (non-hydrogen) atoms. The van der Waals surface area contributed by atoms with Gasteiger partial charge in [-0.15, -0.1) is 16.4 Å². The number of rotatable bonds is 6. The molecule has 0 fully saturated rings. The Morgan fingerprint density at radius 2 is 1.67 bits per heavy atom. The number of aryl methyl sites for hydroxylation is 1. The number of thiazole rings is 1. The summed E-state index contributed by atoms with van der Waals surface area (Å²) in [7, 11) is 0. The van der Waals surface area contributed by atoms with Crippen molar-refractivity contribution in [1.29, 1.82) is 0 Å². The second-order valence-corrected chi connectivity index (χ2v) is 8.23. The molecular weight excluding hydrogens is 440 g/mol. The number of amides is 3. The Hall–Kier alpha value is -4.05. The van der Waals surface area contributed by atoms with E-state index in [9.17, 15) is 14.4 Å². The smallest absolute Gasteiger partial charge is 0.313 e. The second-order valence-electron chi connectivity index (χ2n) is 7.39. The van der Waals surface area contributed by atoms with E-state index in [-0.39, 0.29) is 12.5 Å². The summed E-state index contributed by atoms with van der Waals surface area (Å²) in [5.74, 6) is -1.02. The molecule has 4 rings (SSSR count). The number of nitrogens with one attached hydrogen (secondary N) is 3. The highest BCUT2D eigenvalue weighted by atomic mass is 32.1. The molecule has 10 heteroatoms. The predicted molar refractivity (Wildman–Crippen MR) is 127 cm³/mol. The van der Waals surface area contributed by atoms with Crippen molar-refractivity contribution in [3.05, 3.63) is 65.2 Å². The van der Waals surface area contributed by atoms with Crippen molar-refractivity contribution in [3.8, 4) is 11.4 Å². The predicted octanol–water partition coefficient (Wildman–Crippen LogP) is 3.02. The van der Waals surface area contributed by atoms with Gasteiger partial charge in [0.25, 0.3) is 0 Å². The lowest BCUT2D eigenvalue weighted by Crippen LogP contribution is -2.36. The first-order chi connectivity index (χ1) is 15.9. The van der Waals surface area contributed by atoms with Gasteiger partial charge in [0, 0.05) is 42.2 Å². The van der Waals surface area contributed by atoms with E-state index in [1.807, 2.05) is 36.6 Å². The average molecular weight is 463 g/mol. The zero-order chi connectivity index (χ0) is 23.4. The fourth-order valence-corrected chi connectivity index (χ4v) is 4.10. The number of nitrogens with zero attached hydrogens (tertiary/aromatic N) is 3. The number of hydrogen-bond acceptors (Lipinski definition) is 6. The summed E-state index contributed by atoms with van der Waals surface area (Å²) in [6, 6.07) is 14.4. The lowest BCUT2D eigenvalue weighted by atomic mass is 10.1. The Balaban J connectivity index is 1.32. The molecule has 0 saturated carbocycles. The third kappa shape index (κ3) is 5.24. The molecule has 0 unspecified atom stereocenters. The Morgan fingerprint density at radius 3 is 2.36 bits per heavy atom. The summed E-state index contributed by atoms with van der Waals surface area (Å²) in [5, 5.41) is 14.4. The Bertz CT molecular complexity index is 1330. The number of carbonyl (C=O) groups excluding carboxylic acids is 3. The van der Waals surface area contributed by atoms with Gasteiger partial charge in [-0.25, -0.2) is 4.52 Å². The first kappa shape index (κ1) is 22.2. The molecule has 168 valence electrons. The number of aromatic nitrogens is 3. The molecule has 2 aromatic heterocycles. The summed E-state index contributed by atoms with van der Waals surface area (Å²) in [5.41, 5.74) is 4.03. The van der Waals surface area contributed by atoms with Crippen molar-refractivity contribution in [1.82, 2.24) is 19.9 Å². The highest BCUT2D eigenvalue weighted by molar-refractivity contribution is 7.15. The van der Waals surface area contributed by atoms with Crippen LogP contribution >= 0.6 is 11.3 Å². The van der Waals surface area contributed by atoms with Crippen molar-refractivity contribution < 1.29 is 14.4 Å². The molecule has 0 atom stereocenters. The fraction of sp³-hybridized carbons (Fsp3) is 0.174. The van der Waals surface area contributed by atoms with Gasteiger partial charge in [0.05, 0.1) is 5.69 Å². The summed E-state index contributed by atoms with van der Waals surface area (Å²) in [6.45, 7) is 3.70. The van der Waals surface area contributed by atoms with Crippen molar-refractivity contribution in [2.75, 3.05) is 17.2 Å². The summed E-state index contributed by atoms with van der Waals surface area (Å²) >= 11 is 1.48. The van der Waals surface area contributed by atoms with Crippen LogP contribution in [0.4, 0.5) is 11.4 Å². The van der Waals surface area contributed by atoms with Gasteiger partial charge in [-0.1, -0.05) is 24.3 Å². The number of carbonyl (C=O) groups is 3. The Labute approximate surface area is 193 Å². The first-order valence-corrected chi connectivity index (χ1v) is 11.1. The Morgan fingerprint density at radius 1 is 0.970 bits per heavy atom. The summed E-state index contributed by atoms with van der Waals surface area (Å²) < 4.78 is 1.77. The van der Waals surface area contributed by atoms with Gasteiger partial charge in [-0.2, -0.15) is 4.98 Å². The minimum Gasteiger partial charge on any atom is -0.347 e. The van der Waals surface area contributed by atoms with Gasteiger partial charge in [-0.3, -0.25) is 14.4 Å². The second kappa shape index (κ2) is 9.61. The van der Waals surface area contributed by atoms with E-state index in [4.69, 9.17) is 0 Å². The average Bonchev–Trinajstić information content (AvgIpc) is 3.36. The molecule has 0 bridgehead atoms. The zero-order valence-electron chi connectivity index (χ0n) is 18.1. The van der Waals surface area contributed by atoms with Crippen LogP contribution in [0.3, 0.4) is 0 Å². The monoisotopic (exact) mass is 462 g/mol. The fourth-order valence-electron chi connectivity index (χ4n) is 3.25. The highest BCUT2D eigenvalue weighted by Crippen LogP contribution is 2.23. The number of fused-ring (bicyclic) bond motifs is 1. The van der Waals surface area contributed by atoms with E-state index >= 15 is 0 Å². The normalized spacial score (nSPS) is 10.7. The van der Waals surface area contributed by atoms with Crippen molar-refractivity contribution >= 4 is 45.4 Å². The van der Waals surface area contributed by atoms with Crippen molar-refractivity contribution in [2.45, 2.75) is 20.3 Å². The van der Waals surface area contributed by atoms with E-state index in [0.717, 1.165) is 21.8 Å². The van der Waals surface area contributed by atoms with Crippen LogP contribution in [0.1, 0.15) is 18.2 Å². The maximum absolute atomic E-state index is 12.2. The topological polar surface area (TPSA) is 117 Å². The van der Waals surface area contributed by atoms with E-state index in [0.29, 0.717) is 23.6 Å². The van der Waals surface area contributed by atoms with E-state index in [1.54, 1.807) is 28.8 Å². The molecule has 0 radical (unpaired) electrons. The Kier molecular flexibility index (Phi) is 6.45. The molecule has 9 nitrogen and oxygen atoms in total. The van der Waals surface area contributed by atoms with Crippen LogP contribution in [0.5, 0.6) is 0 Å². The van der Waals surface area contributed by atoms with Crippen LogP contribution in [0.2, 0.25) is 0 Å². The maximum Gasteiger partial charge on any atom is 0.313 e. The van der Waals surface area contributed by atoms with Crippen LogP contribution in [0.15, 0.2) is 53.9 Å². The minimum atomic E-state index is -0.764.